The molecule has 14 heavy (non-hydrogen) atoms. The largest absolute Gasteiger partial charge is 0.497 e. The van der Waals surface area contributed by atoms with Crippen LogP contribution in [0.15, 0.2) is 24.4 Å². The van der Waals surface area contributed by atoms with Gasteiger partial charge in [0, 0.05) is 17.6 Å². The minimum Gasteiger partial charge on any atom is -0.497 e. The first-order valence-electron chi connectivity index (χ1n) is 4.19. The van der Waals surface area contributed by atoms with Gasteiger partial charge in [0.1, 0.15) is 5.75 Å². The highest BCUT2D eigenvalue weighted by atomic mass is 79.9. The summed E-state index contributed by atoms with van der Waals surface area (Å²) in [5, 5.41) is 0.724. The Morgan fingerprint density at radius 1 is 1.36 bits per heavy atom. The number of halogens is 1. The zero-order valence-electron chi connectivity index (χ0n) is 7.70. The molecule has 3 nitrogen and oxygen atoms in total. The first-order valence-corrected chi connectivity index (χ1v) is 5.31. The highest BCUT2D eigenvalue weighted by Crippen LogP contribution is 2.17. The summed E-state index contributed by atoms with van der Waals surface area (Å²) >= 11 is 3.34. The molecule has 0 aliphatic heterocycles. The Balaban J connectivity index is 2.57. The molecule has 2 rings (SSSR count). The Kier molecular flexibility index (Phi) is 2.63. The van der Waals surface area contributed by atoms with E-state index in [0.717, 1.165) is 27.8 Å². The van der Waals surface area contributed by atoms with Gasteiger partial charge in [-0.2, -0.15) is 0 Å². The highest BCUT2D eigenvalue weighted by Gasteiger charge is 2.00. The van der Waals surface area contributed by atoms with E-state index >= 15 is 0 Å². The smallest absolute Gasteiger partial charge is 0.121 e. The van der Waals surface area contributed by atoms with E-state index in [9.17, 15) is 0 Å². The van der Waals surface area contributed by atoms with Gasteiger partial charge in [0.15, 0.2) is 0 Å². The number of fused-ring (bicyclic) bond motifs is 1. The third-order valence-electron chi connectivity index (χ3n) is 1.94. The molecule has 4 heteroatoms. The molecule has 0 fully saturated rings. The summed E-state index contributed by atoms with van der Waals surface area (Å²) in [5.41, 5.74) is 2.68. The Bertz CT molecular complexity index is 416. The fourth-order valence-electron chi connectivity index (χ4n) is 1.22. The minimum atomic E-state index is 0.724. The Morgan fingerprint density at radius 2 is 2.21 bits per heavy atom. The van der Waals surface area contributed by atoms with Crippen LogP contribution < -0.4 is 4.74 Å². The maximum Gasteiger partial charge on any atom is 0.121 e. The fraction of sp³-hybridized carbons (Fsp3) is 0.200. The molecule has 1 heterocycles. The summed E-state index contributed by atoms with van der Waals surface area (Å²) in [7, 11) is 1.64. The predicted octanol–water partition coefficient (Wildman–Crippen LogP) is 2.53. The van der Waals surface area contributed by atoms with Crippen LogP contribution in [0.1, 0.15) is 5.69 Å². The maximum atomic E-state index is 5.10. The van der Waals surface area contributed by atoms with Crippen LogP contribution in [0.4, 0.5) is 0 Å². The van der Waals surface area contributed by atoms with Crippen LogP contribution in [-0.4, -0.2) is 17.1 Å². The molecule has 0 saturated carbocycles. The topological polar surface area (TPSA) is 35.0 Å². The number of nitrogens with zero attached hydrogens (tertiary/aromatic N) is 2. The van der Waals surface area contributed by atoms with E-state index in [0.29, 0.717) is 0 Å². The molecular formula is C10H9BrN2O. The van der Waals surface area contributed by atoms with Crippen LogP contribution in [0, 0.1) is 0 Å². The molecule has 0 aliphatic carbocycles. The first-order chi connectivity index (χ1) is 6.83. The highest BCUT2D eigenvalue weighted by molar-refractivity contribution is 9.08. The molecule has 0 N–H and O–H groups in total. The Labute approximate surface area is 90.3 Å². The molecule has 1 aromatic carbocycles. The monoisotopic (exact) mass is 252 g/mol. The number of rotatable bonds is 2. The molecule has 1 aromatic heterocycles. The van der Waals surface area contributed by atoms with Crippen molar-refractivity contribution in [3.63, 3.8) is 0 Å². The number of hydrogen-bond acceptors (Lipinski definition) is 3. The SMILES string of the molecule is COc1ccc2nc(CBr)cnc2c1. The summed E-state index contributed by atoms with van der Waals surface area (Å²) in [6.45, 7) is 0. The van der Waals surface area contributed by atoms with Gasteiger partial charge in [-0.05, 0) is 12.1 Å². The molecule has 0 spiro atoms. The van der Waals surface area contributed by atoms with Crippen molar-refractivity contribution in [2.24, 2.45) is 0 Å². The van der Waals surface area contributed by atoms with Crippen molar-refractivity contribution in [1.82, 2.24) is 9.97 Å². The van der Waals surface area contributed by atoms with Crippen molar-refractivity contribution >= 4 is 27.0 Å². The van der Waals surface area contributed by atoms with Crippen LogP contribution in [0.5, 0.6) is 5.75 Å². The average Bonchev–Trinajstić information content (AvgIpc) is 2.27. The molecule has 0 unspecified atom stereocenters. The van der Waals surface area contributed by atoms with Gasteiger partial charge < -0.3 is 4.74 Å². The van der Waals surface area contributed by atoms with Crippen LogP contribution in [0.3, 0.4) is 0 Å². The molecule has 0 atom stereocenters. The van der Waals surface area contributed by atoms with Crippen molar-refractivity contribution in [2.75, 3.05) is 7.11 Å². The molecule has 0 bridgehead atoms. The second-order valence-corrected chi connectivity index (χ2v) is 3.41. The van der Waals surface area contributed by atoms with Gasteiger partial charge in [-0.15, -0.1) is 0 Å². The first kappa shape index (κ1) is 9.40. The summed E-state index contributed by atoms with van der Waals surface area (Å²) in [5.74, 6) is 0.804. The normalized spacial score (nSPS) is 10.4. The van der Waals surface area contributed by atoms with E-state index in [2.05, 4.69) is 25.9 Å². The zero-order chi connectivity index (χ0) is 9.97. The number of aromatic nitrogens is 2. The molecular weight excluding hydrogens is 244 g/mol. The molecule has 2 aromatic rings. The van der Waals surface area contributed by atoms with Gasteiger partial charge in [0.2, 0.25) is 0 Å². The second kappa shape index (κ2) is 3.92. The van der Waals surface area contributed by atoms with Crippen molar-refractivity contribution in [1.29, 1.82) is 0 Å². The summed E-state index contributed by atoms with van der Waals surface area (Å²) in [6.07, 6.45) is 1.76. The lowest BCUT2D eigenvalue weighted by Gasteiger charge is -2.02. The maximum absolute atomic E-state index is 5.10. The van der Waals surface area contributed by atoms with Crippen LogP contribution in [0.25, 0.3) is 11.0 Å². The van der Waals surface area contributed by atoms with Gasteiger partial charge in [-0.1, -0.05) is 15.9 Å². The van der Waals surface area contributed by atoms with Crippen molar-refractivity contribution in [2.45, 2.75) is 5.33 Å². The number of hydrogen-bond donors (Lipinski definition) is 0. The summed E-state index contributed by atoms with van der Waals surface area (Å²) in [6, 6.07) is 5.67. The van der Waals surface area contributed by atoms with Crippen LogP contribution >= 0.6 is 15.9 Å². The van der Waals surface area contributed by atoms with Gasteiger partial charge in [0.25, 0.3) is 0 Å². The van der Waals surface area contributed by atoms with E-state index in [1.165, 1.54) is 0 Å². The van der Waals surface area contributed by atoms with Crippen molar-refractivity contribution in [3.05, 3.63) is 30.1 Å². The lowest BCUT2D eigenvalue weighted by molar-refractivity contribution is 0.415. The molecule has 0 amide bonds. The van der Waals surface area contributed by atoms with Crippen molar-refractivity contribution < 1.29 is 4.74 Å². The number of alkyl halides is 1. The van der Waals surface area contributed by atoms with E-state index in [1.807, 2.05) is 18.2 Å². The quantitative estimate of drug-likeness (QED) is 0.771. The van der Waals surface area contributed by atoms with Gasteiger partial charge in [0.05, 0.1) is 23.8 Å². The fourth-order valence-corrected chi connectivity index (χ4v) is 1.49. The Morgan fingerprint density at radius 3 is 2.93 bits per heavy atom. The summed E-state index contributed by atoms with van der Waals surface area (Å²) in [4.78, 5) is 8.69. The number of methoxy groups -OCH3 is 1. The number of ether oxygens (including phenoxy) is 1. The second-order valence-electron chi connectivity index (χ2n) is 2.85. The third kappa shape index (κ3) is 1.70. The van der Waals surface area contributed by atoms with E-state index in [-0.39, 0.29) is 0 Å². The number of benzene rings is 1. The minimum absolute atomic E-state index is 0.724. The van der Waals surface area contributed by atoms with Gasteiger partial charge in [-0.3, -0.25) is 4.98 Å². The molecule has 0 radical (unpaired) electrons. The van der Waals surface area contributed by atoms with Crippen LogP contribution in [0.2, 0.25) is 0 Å². The van der Waals surface area contributed by atoms with Gasteiger partial charge >= 0.3 is 0 Å². The Hall–Kier alpha value is -1.16. The van der Waals surface area contributed by atoms with Crippen LogP contribution in [-0.2, 0) is 5.33 Å². The average molecular weight is 253 g/mol. The van der Waals surface area contributed by atoms with E-state index in [4.69, 9.17) is 4.74 Å². The molecule has 0 aliphatic rings. The predicted molar refractivity (Wildman–Crippen MR) is 58.7 cm³/mol. The lowest BCUT2D eigenvalue weighted by atomic mass is 10.3. The lowest BCUT2D eigenvalue weighted by Crippen LogP contribution is -1.90. The van der Waals surface area contributed by atoms with Gasteiger partial charge in [-0.25, -0.2) is 4.98 Å². The third-order valence-corrected chi connectivity index (χ3v) is 2.51. The standard InChI is InChI=1S/C10H9BrN2O/c1-14-8-2-3-9-10(4-8)12-6-7(5-11)13-9/h2-4,6H,5H2,1H3. The molecule has 72 valence electrons. The van der Waals surface area contributed by atoms with E-state index < -0.39 is 0 Å². The van der Waals surface area contributed by atoms with Crippen molar-refractivity contribution in [3.8, 4) is 5.75 Å². The summed E-state index contributed by atoms with van der Waals surface area (Å²) < 4.78 is 5.10. The molecule has 0 saturated heterocycles. The zero-order valence-corrected chi connectivity index (χ0v) is 9.28. The van der Waals surface area contributed by atoms with E-state index in [1.54, 1.807) is 13.3 Å².